The number of carbonyl (C=O) groups excluding carboxylic acids is 1. The highest BCUT2D eigenvalue weighted by molar-refractivity contribution is 5.90. The van der Waals surface area contributed by atoms with E-state index in [-0.39, 0.29) is 5.69 Å². The zero-order chi connectivity index (χ0) is 16.7. The van der Waals surface area contributed by atoms with E-state index in [1.54, 1.807) is 48.5 Å². The van der Waals surface area contributed by atoms with Gasteiger partial charge in [0.15, 0.2) is 0 Å². The summed E-state index contributed by atoms with van der Waals surface area (Å²) in [5.74, 6) is -0.470. The van der Waals surface area contributed by atoms with E-state index >= 15 is 0 Å². The molecule has 23 heavy (non-hydrogen) atoms. The summed E-state index contributed by atoms with van der Waals surface area (Å²) in [6, 6.07) is 13.5. The first-order valence-electron chi connectivity index (χ1n) is 6.74. The molecule has 2 rings (SSSR count). The largest absolute Gasteiger partial charge is 0.466 e. The minimum Gasteiger partial charge on any atom is -0.466 e. The van der Waals surface area contributed by atoms with Crippen molar-refractivity contribution in [3.8, 4) is 0 Å². The maximum atomic E-state index is 11.2. The highest BCUT2D eigenvalue weighted by Gasteiger charge is 2.10. The van der Waals surface area contributed by atoms with Gasteiger partial charge in [-0.3, -0.25) is 15.1 Å². The van der Waals surface area contributed by atoms with Gasteiger partial charge in [-0.2, -0.15) is 0 Å². The van der Waals surface area contributed by atoms with Crippen molar-refractivity contribution < 1.29 is 14.5 Å². The number of hydrogen-bond acceptors (Lipinski definition) is 5. The van der Waals surface area contributed by atoms with Crippen molar-refractivity contribution in [2.45, 2.75) is 0 Å². The van der Waals surface area contributed by atoms with E-state index in [0.717, 1.165) is 0 Å². The molecule has 0 aromatic heterocycles. The monoisotopic (exact) mass is 310 g/mol. The van der Waals surface area contributed by atoms with Crippen LogP contribution in [0.3, 0.4) is 0 Å². The lowest BCUT2D eigenvalue weighted by Gasteiger charge is -2.00. The summed E-state index contributed by atoms with van der Waals surface area (Å²) >= 11 is 0. The molecule has 0 atom stereocenters. The number of methoxy groups -OCH3 is 1. The van der Waals surface area contributed by atoms with Crippen LogP contribution >= 0.6 is 0 Å². The molecule has 6 heteroatoms. The van der Waals surface area contributed by atoms with E-state index in [1.165, 1.54) is 25.5 Å². The van der Waals surface area contributed by atoms with Gasteiger partial charge in [0, 0.05) is 23.9 Å². The number of rotatable bonds is 5. The summed E-state index contributed by atoms with van der Waals surface area (Å²) in [5.41, 5.74) is 1.68. The molecule has 0 N–H and O–H groups in total. The van der Waals surface area contributed by atoms with Gasteiger partial charge in [0.1, 0.15) is 0 Å². The van der Waals surface area contributed by atoms with Crippen LogP contribution in [-0.4, -0.2) is 24.2 Å². The topological polar surface area (TPSA) is 81.8 Å². The minimum absolute atomic E-state index is 0.0150. The molecule has 0 radical (unpaired) electrons. The molecule has 0 spiro atoms. The molecular weight excluding hydrogens is 296 g/mol. The molecule has 0 saturated carbocycles. The predicted octanol–water partition coefficient (Wildman–Crippen LogP) is 3.53. The SMILES string of the molecule is COC(=O)/C=C/c1ccccc1N=Cc1ccccc1[N+](=O)[O-]. The Morgan fingerprint density at radius 3 is 2.48 bits per heavy atom. The molecule has 0 fully saturated rings. The normalized spacial score (nSPS) is 11.0. The molecule has 0 saturated heterocycles. The standard InChI is InChI=1S/C17H14N2O4/c1-23-17(20)11-10-13-6-2-4-8-15(13)18-12-14-7-3-5-9-16(14)19(21)22/h2-12H,1H3/b11-10+,18-12?. The molecule has 0 aliphatic carbocycles. The molecule has 2 aromatic rings. The van der Waals surface area contributed by atoms with Crippen LogP contribution in [0.5, 0.6) is 0 Å². The number of aliphatic imine (C=N–C) groups is 1. The van der Waals surface area contributed by atoms with Crippen molar-refractivity contribution >= 4 is 29.6 Å². The Hall–Kier alpha value is -3.28. The summed E-state index contributed by atoms with van der Waals surface area (Å²) in [6.45, 7) is 0. The van der Waals surface area contributed by atoms with Crippen LogP contribution in [0.15, 0.2) is 59.6 Å². The highest BCUT2D eigenvalue weighted by Crippen LogP contribution is 2.22. The summed E-state index contributed by atoms with van der Waals surface area (Å²) in [4.78, 5) is 26.0. The van der Waals surface area contributed by atoms with Crippen molar-refractivity contribution in [2.75, 3.05) is 7.11 Å². The van der Waals surface area contributed by atoms with Crippen LogP contribution in [-0.2, 0) is 9.53 Å². The maximum absolute atomic E-state index is 11.2. The van der Waals surface area contributed by atoms with Crippen molar-refractivity contribution in [1.82, 2.24) is 0 Å². The summed E-state index contributed by atoms with van der Waals surface area (Å²) in [6.07, 6.45) is 4.31. The quantitative estimate of drug-likeness (QED) is 0.278. The fourth-order valence-corrected chi connectivity index (χ4v) is 1.87. The molecule has 116 valence electrons. The second kappa shape index (κ2) is 7.65. The number of hydrogen-bond donors (Lipinski definition) is 0. The zero-order valence-corrected chi connectivity index (χ0v) is 12.4. The van der Waals surface area contributed by atoms with E-state index in [9.17, 15) is 14.9 Å². The minimum atomic E-state index is -0.470. The third kappa shape index (κ3) is 4.34. The van der Waals surface area contributed by atoms with Gasteiger partial charge >= 0.3 is 5.97 Å². The van der Waals surface area contributed by atoms with Gasteiger partial charge in [-0.25, -0.2) is 4.79 Å². The maximum Gasteiger partial charge on any atom is 0.330 e. The Morgan fingerprint density at radius 1 is 1.13 bits per heavy atom. The van der Waals surface area contributed by atoms with Crippen LogP contribution in [0.25, 0.3) is 6.08 Å². The van der Waals surface area contributed by atoms with Crippen molar-refractivity contribution in [2.24, 2.45) is 4.99 Å². The third-order valence-electron chi connectivity index (χ3n) is 3.01. The van der Waals surface area contributed by atoms with Crippen LogP contribution in [0, 0.1) is 10.1 Å². The highest BCUT2D eigenvalue weighted by atomic mass is 16.6. The van der Waals surface area contributed by atoms with Gasteiger partial charge in [-0.05, 0) is 18.2 Å². The lowest BCUT2D eigenvalue weighted by atomic mass is 10.1. The molecule has 0 unspecified atom stereocenters. The molecule has 0 bridgehead atoms. The fourth-order valence-electron chi connectivity index (χ4n) is 1.87. The molecule has 0 amide bonds. The predicted molar refractivity (Wildman–Crippen MR) is 87.8 cm³/mol. The summed E-state index contributed by atoms with van der Waals surface area (Å²) in [5, 5.41) is 11.0. The smallest absolute Gasteiger partial charge is 0.330 e. The van der Waals surface area contributed by atoms with E-state index in [0.29, 0.717) is 16.8 Å². The van der Waals surface area contributed by atoms with Gasteiger partial charge in [-0.15, -0.1) is 0 Å². The molecule has 2 aromatic carbocycles. The lowest BCUT2D eigenvalue weighted by Crippen LogP contribution is -1.94. The fraction of sp³-hybridized carbons (Fsp3) is 0.0588. The number of carbonyl (C=O) groups is 1. The van der Waals surface area contributed by atoms with Crippen LogP contribution in [0.4, 0.5) is 11.4 Å². The van der Waals surface area contributed by atoms with E-state index < -0.39 is 10.9 Å². The summed E-state index contributed by atoms with van der Waals surface area (Å²) in [7, 11) is 1.30. The van der Waals surface area contributed by atoms with Crippen molar-refractivity contribution in [3.05, 3.63) is 75.8 Å². The van der Waals surface area contributed by atoms with E-state index in [2.05, 4.69) is 9.73 Å². The average molecular weight is 310 g/mol. The average Bonchev–Trinajstić information content (AvgIpc) is 2.58. The first kappa shape index (κ1) is 16.1. The Bertz CT molecular complexity index is 782. The van der Waals surface area contributed by atoms with Crippen LogP contribution < -0.4 is 0 Å². The number of para-hydroxylation sites is 2. The summed E-state index contributed by atoms with van der Waals surface area (Å²) < 4.78 is 4.54. The van der Waals surface area contributed by atoms with E-state index in [1.807, 2.05) is 0 Å². The van der Waals surface area contributed by atoms with Gasteiger partial charge in [-0.1, -0.05) is 30.3 Å². The Balaban J connectivity index is 2.32. The second-order valence-corrected chi connectivity index (χ2v) is 4.49. The Kier molecular flexibility index (Phi) is 5.35. The molecule has 0 aliphatic rings. The number of nitrogens with zero attached hydrogens (tertiary/aromatic N) is 2. The third-order valence-corrected chi connectivity index (χ3v) is 3.01. The zero-order valence-electron chi connectivity index (χ0n) is 12.4. The van der Waals surface area contributed by atoms with Gasteiger partial charge in [0.05, 0.1) is 23.3 Å². The van der Waals surface area contributed by atoms with Crippen molar-refractivity contribution in [1.29, 1.82) is 0 Å². The van der Waals surface area contributed by atoms with Crippen LogP contribution in [0.1, 0.15) is 11.1 Å². The van der Waals surface area contributed by atoms with Gasteiger partial charge < -0.3 is 4.74 Å². The second-order valence-electron chi connectivity index (χ2n) is 4.49. The molecule has 0 aliphatic heterocycles. The number of nitro benzene ring substituents is 1. The van der Waals surface area contributed by atoms with Crippen molar-refractivity contribution in [3.63, 3.8) is 0 Å². The molecular formula is C17H14N2O4. The number of benzene rings is 2. The number of nitro groups is 1. The first-order chi connectivity index (χ1) is 11.1. The molecule has 0 heterocycles. The van der Waals surface area contributed by atoms with Crippen LogP contribution in [0.2, 0.25) is 0 Å². The first-order valence-corrected chi connectivity index (χ1v) is 6.74. The lowest BCUT2D eigenvalue weighted by molar-refractivity contribution is -0.385. The number of esters is 1. The Morgan fingerprint density at radius 2 is 1.78 bits per heavy atom. The number of ether oxygens (including phenoxy) is 1. The molecule has 6 nitrogen and oxygen atoms in total. The van der Waals surface area contributed by atoms with Gasteiger partial charge in [0.25, 0.3) is 5.69 Å². The van der Waals surface area contributed by atoms with Gasteiger partial charge in [0.2, 0.25) is 0 Å². The van der Waals surface area contributed by atoms with E-state index in [4.69, 9.17) is 0 Å². The Labute approximate surface area is 132 Å².